The van der Waals surface area contributed by atoms with Gasteiger partial charge in [0.25, 0.3) is 11.1 Å². The fourth-order valence-corrected chi connectivity index (χ4v) is 5.49. The maximum atomic E-state index is 12.9. The first-order valence-corrected chi connectivity index (χ1v) is 13.9. The Labute approximate surface area is 241 Å². The molecule has 208 valence electrons. The SMILES string of the molecule is Cc1ncsc1-c1nc(Cl)c(Cl)c(=O)[nH]1.Cc1ncsc1-c1nc(N2CCN[C@@H](C(F)(F)F)C2)c(Cl)c(=O)[nH]1. The van der Waals surface area contributed by atoms with Gasteiger partial charge in [0, 0.05) is 19.6 Å². The maximum Gasteiger partial charge on any atom is 0.405 e. The molecule has 5 heterocycles. The molecule has 0 aromatic carbocycles. The van der Waals surface area contributed by atoms with Crippen molar-refractivity contribution in [3.05, 3.63) is 58.3 Å². The molecular formula is C21H18Cl3F3N8O2S2. The molecule has 1 aliphatic heterocycles. The highest BCUT2D eigenvalue weighted by molar-refractivity contribution is 7.13. The summed E-state index contributed by atoms with van der Waals surface area (Å²) >= 11 is 20.0. The Morgan fingerprint density at radius 2 is 1.46 bits per heavy atom. The molecule has 3 N–H and O–H groups in total. The molecular weight excluding hydrogens is 624 g/mol. The number of nitrogens with zero attached hydrogens (tertiary/aromatic N) is 5. The Morgan fingerprint density at radius 3 is 1.95 bits per heavy atom. The smallest absolute Gasteiger partial charge is 0.352 e. The van der Waals surface area contributed by atoms with E-state index >= 15 is 0 Å². The van der Waals surface area contributed by atoms with Gasteiger partial charge in [-0.2, -0.15) is 13.2 Å². The van der Waals surface area contributed by atoms with Crippen molar-refractivity contribution in [3.63, 3.8) is 0 Å². The van der Waals surface area contributed by atoms with Gasteiger partial charge in [-0.25, -0.2) is 19.9 Å². The lowest BCUT2D eigenvalue weighted by molar-refractivity contribution is -0.155. The molecule has 1 aliphatic rings. The predicted molar refractivity (Wildman–Crippen MR) is 146 cm³/mol. The van der Waals surface area contributed by atoms with Crippen LogP contribution in [0.2, 0.25) is 15.2 Å². The molecule has 10 nitrogen and oxygen atoms in total. The fourth-order valence-electron chi connectivity index (χ4n) is 3.52. The van der Waals surface area contributed by atoms with Crippen molar-refractivity contribution < 1.29 is 13.2 Å². The zero-order chi connectivity index (χ0) is 28.5. The molecule has 39 heavy (non-hydrogen) atoms. The largest absolute Gasteiger partial charge is 0.405 e. The second-order valence-corrected chi connectivity index (χ2v) is 10.9. The van der Waals surface area contributed by atoms with Crippen LogP contribution in [0.4, 0.5) is 19.0 Å². The van der Waals surface area contributed by atoms with Gasteiger partial charge in [-0.15, -0.1) is 22.7 Å². The summed E-state index contributed by atoms with van der Waals surface area (Å²) in [5.41, 5.74) is 3.70. The van der Waals surface area contributed by atoms with E-state index in [9.17, 15) is 22.8 Å². The number of thiazole rings is 2. The highest BCUT2D eigenvalue weighted by atomic mass is 35.5. The molecule has 5 rings (SSSR count). The fraction of sp³-hybridized carbons (Fsp3) is 0.333. The number of piperazine rings is 1. The molecule has 0 aliphatic carbocycles. The Balaban J connectivity index is 0.000000202. The van der Waals surface area contributed by atoms with Gasteiger partial charge in [0.05, 0.1) is 32.2 Å². The number of rotatable bonds is 3. The summed E-state index contributed by atoms with van der Waals surface area (Å²) in [4.78, 5) is 47.7. The van der Waals surface area contributed by atoms with E-state index in [0.717, 1.165) is 10.6 Å². The highest BCUT2D eigenvalue weighted by Gasteiger charge is 2.42. The van der Waals surface area contributed by atoms with Crippen LogP contribution in [0.5, 0.6) is 0 Å². The number of aromatic amines is 2. The molecule has 1 saturated heterocycles. The number of aryl methyl sites for hydroxylation is 2. The van der Waals surface area contributed by atoms with Crippen molar-refractivity contribution in [2.45, 2.75) is 26.1 Å². The van der Waals surface area contributed by atoms with Gasteiger partial charge >= 0.3 is 6.18 Å². The number of anilines is 1. The highest BCUT2D eigenvalue weighted by Crippen LogP contribution is 2.30. The molecule has 1 atom stereocenters. The Hall–Kier alpha value is -2.56. The first-order valence-electron chi connectivity index (χ1n) is 11.0. The van der Waals surface area contributed by atoms with Crippen LogP contribution in [0.25, 0.3) is 21.4 Å². The lowest BCUT2D eigenvalue weighted by Gasteiger charge is -2.35. The van der Waals surface area contributed by atoms with Crippen molar-refractivity contribution in [2.24, 2.45) is 0 Å². The average molecular weight is 642 g/mol. The monoisotopic (exact) mass is 640 g/mol. The third-order valence-electron chi connectivity index (χ3n) is 5.46. The lowest BCUT2D eigenvalue weighted by Crippen LogP contribution is -2.57. The molecule has 1 fully saturated rings. The summed E-state index contributed by atoms with van der Waals surface area (Å²) in [5, 5.41) is 2.10. The van der Waals surface area contributed by atoms with E-state index in [1.54, 1.807) is 17.9 Å². The van der Waals surface area contributed by atoms with Gasteiger partial charge in [0.1, 0.15) is 16.1 Å². The molecule has 18 heteroatoms. The molecule has 0 bridgehead atoms. The molecule has 0 amide bonds. The number of aromatic nitrogens is 6. The summed E-state index contributed by atoms with van der Waals surface area (Å²) in [6.07, 6.45) is -4.39. The maximum absolute atomic E-state index is 12.9. The molecule has 4 aromatic rings. The Bertz CT molecular complexity index is 1600. The summed E-state index contributed by atoms with van der Waals surface area (Å²) < 4.78 is 38.8. The van der Waals surface area contributed by atoms with E-state index < -0.39 is 23.3 Å². The molecule has 4 aromatic heterocycles. The van der Waals surface area contributed by atoms with Crippen molar-refractivity contribution in [2.75, 3.05) is 24.5 Å². The predicted octanol–water partition coefficient (Wildman–Crippen LogP) is 4.70. The van der Waals surface area contributed by atoms with Crippen molar-refractivity contribution in [1.82, 2.24) is 35.2 Å². The molecule has 0 spiro atoms. The van der Waals surface area contributed by atoms with Crippen LogP contribution in [0.3, 0.4) is 0 Å². The van der Waals surface area contributed by atoms with Gasteiger partial charge < -0.3 is 20.2 Å². The minimum Gasteiger partial charge on any atom is -0.352 e. The molecule has 0 radical (unpaired) electrons. The van der Waals surface area contributed by atoms with Gasteiger partial charge in [-0.3, -0.25) is 9.59 Å². The van der Waals surface area contributed by atoms with Crippen LogP contribution in [0.15, 0.2) is 20.6 Å². The van der Waals surface area contributed by atoms with E-state index in [1.165, 1.54) is 27.6 Å². The van der Waals surface area contributed by atoms with E-state index in [2.05, 4.69) is 35.2 Å². The molecule has 0 saturated carbocycles. The third-order valence-corrected chi connectivity index (χ3v) is 8.39. The standard InChI is InChI=1S/C13H13ClF3N5OS.C8H5Cl2N3OS/c1-6-9(24-5-19-6)10-20-11(8(14)12(23)21-10)22-3-2-18-7(4-22)13(15,16)17;1-3-5(15-2-11-3)7-12-6(10)4(9)8(14)13-7/h5,7,18H,2-4H2,1H3,(H,20,21,23);2H,1H3,(H,12,13,14)/t7-;/m1./s1. The van der Waals surface area contributed by atoms with Gasteiger partial charge in [0.15, 0.2) is 22.6 Å². The van der Waals surface area contributed by atoms with E-state index in [0.29, 0.717) is 16.4 Å². The average Bonchev–Trinajstić information content (AvgIpc) is 3.51. The number of alkyl halides is 3. The van der Waals surface area contributed by atoms with Crippen LogP contribution < -0.4 is 21.3 Å². The van der Waals surface area contributed by atoms with Crippen LogP contribution in [0, 0.1) is 13.8 Å². The summed E-state index contributed by atoms with van der Waals surface area (Å²) in [6.45, 7) is 3.60. The number of halogens is 6. The van der Waals surface area contributed by atoms with Crippen LogP contribution in [0.1, 0.15) is 11.4 Å². The molecule has 0 unspecified atom stereocenters. The van der Waals surface area contributed by atoms with Gasteiger partial charge in [-0.1, -0.05) is 34.8 Å². The van der Waals surface area contributed by atoms with Crippen LogP contribution in [-0.2, 0) is 0 Å². The number of H-pyrrole nitrogens is 2. The minimum absolute atomic E-state index is 0.00298. The van der Waals surface area contributed by atoms with Crippen molar-refractivity contribution >= 4 is 63.3 Å². The first-order chi connectivity index (χ1) is 18.4. The zero-order valence-corrected chi connectivity index (χ0v) is 23.9. The number of hydrogen-bond donors (Lipinski definition) is 3. The zero-order valence-electron chi connectivity index (χ0n) is 20.0. The normalized spacial score (nSPS) is 15.7. The lowest BCUT2D eigenvalue weighted by atomic mass is 10.2. The van der Waals surface area contributed by atoms with Crippen molar-refractivity contribution in [3.8, 4) is 21.4 Å². The quantitative estimate of drug-likeness (QED) is 0.274. The summed E-state index contributed by atoms with van der Waals surface area (Å²) in [5.74, 6) is 0.704. The second kappa shape index (κ2) is 11.9. The van der Waals surface area contributed by atoms with Gasteiger partial charge in [-0.05, 0) is 13.8 Å². The topological polar surface area (TPSA) is 133 Å². The first kappa shape index (κ1) is 29.4. The Morgan fingerprint density at radius 1 is 0.923 bits per heavy atom. The third kappa shape index (κ3) is 6.61. The van der Waals surface area contributed by atoms with Gasteiger partial charge in [0.2, 0.25) is 0 Å². The second-order valence-electron chi connectivity index (χ2n) is 8.10. The van der Waals surface area contributed by atoms with E-state index in [1.807, 2.05) is 6.92 Å². The van der Waals surface area contributed by atoms with E-state index in [-0.39, 0.29) is 46.5 Å². The van der Waals surface area contributed by atoms with Crippen LogP contribution >= 0.6 is 57.5 Å². The number of nitrogens with one attached hydrogen (secondary N) is 3. The number of hydrogen-bond acceptors (Lipinski definition) is 10. The van der Waals surface area contributed by atoms with Crippen LogP contribution in [-0.4, -0.2) is 61.8 Å². The summed E-state index contributed by atoms with van der Waals surface area (Å²) in [7, 11) is 0. The van der Waals surface area contributed by atoms with E-state index in [4.69, 9.17) is 34.8 Å². The Kier molecular flexibility index (Phi) is 8.98. The minimum atomic E-state index is -4.39. The van der Waals surface area contributed by atoms with Crippen molar-refractivity contribution in [1.29, 1.82) is 0 Å². The summed E-state index contributed by atoms with van der Waals surface area (Å²) in [6, 6.07) is -1.70.